The van der Waals surface area contributed by atoms with Crippen molar-refractivity contribution in [2.75, 3.05) is 11.9 Å². The van der Waals surface area contributed by atoms with Crippen molar-refractivity contribution in [1.29, 1.82) is 0 Å². The molecule has 0 spiro atoms. The van der Waals surface area contributed by atoms with Crippen molar-refractivity contribution in [3.05, 3.63) is 34.1 Å². The first-order valence-corrected chi connectivity index (χ1v) is 6.90. The van der Waals surface area contributed by atoms with Crippen LogP contribution in [0.2, 0.25) is 0 Å². The van der Waals surface area contributed by atoms with Gasteiger partial charge in [0.15, 0.2) is 0 Å². The predicted molar refractivity (Wildman–Crippen MR) is 82.3 cm³/mol. The first-order chi connectivity index (χ1) is 11.0. The molecule has 0 aromatic heterocycles. The van der Waals surface area contributed by atoms with Crippen molar-refractivity contribution in [2.45, 2.75) is 32.4 Å². The van der Waals surface area contributed by atoms with Crippen molar-refractivity contribution in [3.63, 3.8) is 0 Å². The lowest BCUT2D eigenvalue weighted by Crippen LogP contribution is -2.47. The number of aliphatic carboxylic acids is 1. The Labute approximate surface area is 136 Å². The Hall–Kier alpha value is -2.91. The van der Waals surface area contributed by atoms with E-state index in [1.165, 1.54) is 0 Å². The largest absolute Gasteiger partial charge is 0.480 e. The molecule has 132 valence electrons. The SMILES string of the molecule is CC(C)(C)OC(=O)N[C@H](CNc1ccc(F)cc1[N+](=O)[O-])C(=O)O. The second-order valence-electron chi connectivity index (χ2n) is 5.84. The van der Waals surface area contributed by atoms with Crippen LogP contribution in [0.3, 0.4) is 0 Å². The van der Waals surface area contributed by atoms with Gasteiger partial charge < -0.3 is 20.5 Å². The first kappa shape index (κ1) is 19.1. The Morgan fingerprint density at radius 3 is 2.54 bits per heavy atom. The molecule has 0 aliphatic rings. The van der Waals surface area contributed by atoms with Gasteiger partial charge in [0.05, 0.1) is 11.0 Å². The number of nitrogens with one attached hydrogen (secondary N) is 2. The fourth-order valence-corrected chi connectivity index (χ4v) is 1.67. The molecule has 1 amide bonds. The van der Waals surface area contributed by atoms with Gasteiger partial charge in [-0.3, -0.25) is 10.1 Å². The van der Waals surface area contributed by atoms with E-state index in [0.29, 0.717) is 6.07 Å². The Bertz CT molecular complexity index is 644. The maximum absolute atomic E-state index is 13.1. The van der Waals surface area contributed by atoms with Gasteiger partial charge in [0.1, 0.15) is 23.1 Å². The molecule has 0 aliphatic carbocycles. The molecular formula is C14H18FN3O6. The fourth-order valence-electron chi connectivity index (χ4n) is 1.67. The van der Waals surface area contributed by atoms with E-state index in [2.05, 4.69) is 10.6 Å². The lowest BCUT2D eigenvalue weighted by Gasteiger charge is -2.22. The highest BCUT2D eigenvalue weighted by atomic mass is 19.1. The van der Waals surface area contributed by atoms with E-state index >= 15 is 0 Å². The van der Waals surface area contributed by atoms with E-state index in [4.69, 9.17) is 9.84 Å². The Morgan fingerprint density at radius 2 is 2.04 bits per heavy atom. The van der Waals surface area contributed by atoms with Crippen LogP contribution in [0.15, 0.2) is 18.2 Å². The smallest absolute Gasteiger partial charge is 0.408 e. The number of carboxylic acids is 1. The third kappa shape index (κ3) is 6.07. The first-order valence-electron chi connectivity index (χ1n) is 6.90. The van der Waals surface area contributed by atoms with Gasteiger partial charge in [0, 0.05) is 6.54 Å². The van der Waals surface area contributed by atoms with E-state index in [-0.39, 0.29) is 12.2 Å². The zero-order valence-electron chi connectivity index (χ0n) is 13.3. The predicted octanol–water partition coefficient (Wildman–Crippen LogP) is 2.12. The summed E-state index contributed by atoms with van der Waals surface area (Å²) in [5.74, 6) is -2.16. The van der Waals surface area contributed by atoms with Crippen LogP contribution in [0.1, 0.15) is 20.8 Å². The van der Waals surface area contributed by atoms with Crippen LogP contribution in [0.4, 0.5) is 20.6 Å². The molecule has 0 fully saturated rings. The summed E-state index contributed by atoms with van der Waals surface area (Å²) in [4.78, 5) is 32.9. The average Bonchev–Trinajstić information content (AvgIpc) is 2.41. The number of hydrogen-bond donors (Lipinski definition) is 3. The number of amides is 1. The molecule has 0 saturated heterocycles. The monoisotopic (exact) mass is 343 g/mol. The number of ether oxygens (including phenoxy) is 1. The minimum Gasteiger partial charge on any atom is -0.480 e. The molecule has 24 heavy (non-hydrogen) atoms. The van der Waals surface area contributed by atoms with Crippen LogP contribution in [0.25, 0.3) is 0 Å². The van der Waals surface area contributed by atoms with E-state index in [1.54, 1.807) is 20.8 Å². The van der Waals surface area contributed by atoms with Crippen LogP contribution < -0.4 is 10.6 Å². The Kier molecular flexibility index (Phi) is 6.04. The molecular weight excluding hydrogens is 325 g/mol. The van der Waals surface area contributed by atoms with Gasteiger partial charge in [0.2, 0.25) is 0 Å². The Balaban J connectivity index is 2.80. The summed E-state index contributed by atoms with van der Waals surface area (Å²) in [6, 6.07) is 1.41. The van der Waals surface area contributed by atoms with Crippen LogP contribution in [0, 0.1) is 15.9 Å². The summed E-state index contributed by atoms with van der Waals surface area (Å²) in [6.45, 7) is 4.48. The van der Waals surface area contributed by atoms with Crippen molar-refractivity contribution in [3.8, 4) is 0 Å². The van der Waals surface area contributed by atoms with Crippen LogP contribution in [-0.2, 0) is 9.53 Å². The van der Waals surface area contributed by atoms with Gasteiger partial charge >= 0.3 is 12.1 Å². The second-order valence-corrected chi connectivity index (χ2v) is 5.84. The number of hydrogen-bond acceptors (Lipinski definition) is 6. The highest BCUT2D eigenvalue weighted by molar-refractivity contribution is 5.81. The molecule has 10 heteroatoms. The minimum absolute atomic E-state index is 0.0707. The summed E-state index contributed by atoms with van der Waals surface area (Å²) in [5, 5.41) is 24.6. The summed E-state index contributed by atoms with van der Waals surface area (Å²) in [6.07, 6.45) is -0.940. The van der Waals surface area contributed by atoms with Crippen molar-refractivity contribution in [2.24, 2.45) is 0 Å². The van der Waals surface area contributed by atoms with Crippen molar-refractivity contribution in [1.82, 2.24) is 5.32 Å². The molecule has 0 heterocycles. The lowest BCUT2D eigenvalue weighted by molar-refractivity contribution is -0.384. The third-order valence-electron chi connectivity index (χ3n) is 2.64. The fraction of sp³-hybridized carbons (Fsp3) is 0.429. The number of carbonyl (C=O) groups excluding carboxylic acids is 1. The number of carboxylic acid groups (broad SMARTS) is 1. The minimum atomic E-state index is -1.40. The van der Waals surface area contributed by atoms with Crippen molar-refractivity contribution < 1.29 is 28.7 Å². The van der Waals surface area contributed by atoms with E-state index in [0.717, 1.165) is 12.1 Å². The van der Waals surface area contributed by atoms with Crippen LogP contribution in [-0.4, -0.2) is 40.3 Å². The summed E-state index contributed by atoms with van der Waals surface area (Å²) >= 11 is 0. The normalized spacial score (nSPS) is 12.2. The standard InChI is InChI=1S/C14H18FN3O6/c1-14(2,3)24-13(21)17-10(12(19)20)7-16-9-5-4-8(15)6-11(9)18(22)23/h4-6,10,16H,7H2,1-3H3,(H,17,21)(H,19,20)/t10-/m1/s1. The quantitative estimate of drug-likeness (QED) is 0.532. The maximum Gasteiger partial charge on any atom is 0.408 e. The van der Waals surface area contributed by atoms with E-state index in [1.807, 2.05) is 0 Å². The number of carbonyl (C=O) groups is 2. The van der Waals surface area contributed by atoms with Crippen LogP contribution >= 0.6 is 0 Å². The third-order valence-corrected chi connectivity index (χ3v) is 2.64. The number of anilines is 1. The van der Waals surface area contributed by atoms with Gasteiger partial charge in [-0.1, -0.05) is 0 Å². The van der Waals surface area contributed by atoms with Gasteiger partial charge in [-0.25, -0.2) is 14.0 Å². The molecule has 1 aromatic carbocycles. The highest BCUT2D eigenvalue weighted by Gasteiger charge is 2.25. The van der Waals surface area contributed by atoms with Gasteiger partial charge in [-0.15, -0.1) is 0 Å². The van der Waals surface area contributed by atoms with Gasteiger partial charge in [0.25, 0.3) is 5.69 Å². The zero-order valence-corrected chi connectivity index (χ0v) is 13.3. The topological polar surface area (TPSA) is 131 Å². The maximum atomic E-state index is 13.1. The number of alkyl carbamates (subject to hydrolysis) is 1. The van der Waals surface area contributed by atoms with E-state index < -0.39 is 40.1 Å². The van der Waals surface area contributed by atoms with Gasteiger partial charge in [-0.05, 0) is 32.9 Å². The number of halogens is 1. The zero-order chi connectivity index (χ0) is 18.5. The van der Waals surface area contributed by atoms with E-state index in [9.17, 15) is 24.1 Å². The van der Waals surface area contributed by atoms with Gasteiger partial charge in [-0.2, -0.15) is 0 Å². The number of nitrogens with zero attached hydrogens (tertiary/aromatic N) is 1. The average molecular weight is 343 g/mol. The van der Waals surface area contributed by atoms with Crippen LogP contribution in [0.5, 0.6) is 0 Å². The number of nitro groups is 1. The summed E-state index contributed by atoms with van der Waals surface area (Å²) < 4.78 is 18.0. The number of nitro benzene ring substituents is 1. The molecule has 1 atom stereocenters. The molecule has 0 bridgehead atoms. The molecule has 1 aromatic rings. The molecule has 0 aliphatic heterocycles. The summed E-state index contributed by atoms with van der Waals surface area (Å²) in [7, 11) is 0. The molecule has 3 N–H and O–H groups in total. The summed E-state index contributed by atoms with van der Waals surface area (Å²) in [5.41, 5.74) is -1.42. The second kappa shape index (κ2) is 7.57. The van der Waals surface area contributed by atoms with Crippen molar-refractivity contribution >= 4 is 23.4 Å². The molecule has 1 rings (SSSR count). The number of rotatable bonds is 6. The molecule has 0 unspecified atom stereocenters. The Morgan fingerprint density at radius 1 is 1.42 bits per heavy atom. The number of benzene rings is 1. The molecule has 0 saturated carbocycles. The highest BCUT2D eigenvalue weighted by Crippen LogP contribution is 2.24. The lowest BCUT2D eigenvalue weighted by atomic mass is 10.2. The molecule has 0 radical (unpaired) electrons. The molecule has 9 nitrogen and oxygen atoms in total.